The first-order valence-corrected chi connectivity index (χ1v) is 10.7. The van der Waals surface area contributed by atoms with Gasteiger partial charge in [0.25, 0.3) is 0 Å². The zero-order chi connectivity index (χ0) is 19.2. The van der Waals surface area contributed by atoms with Crippen LogP contribution in [-0.2, 0) is 9.47 Å². The second-order valence-electron chi connectivity index (χ2n) is 6.14. The zero-order valence-electron chi connectivity index (χ0n) is 16.0. The van der Waals surface area contributed by atoms with Crippen LogP contribution in [0.15, 0.2) is 48.5 Å². The van der Waals surface area contributed by atoms with E-state index in [1.807, 2.05) is 48.5 Å². The Morgan fingerprint density at radius 3 is 2.22 bits per heavy atom. The van der Waals surface area contributed by atoms with Crippen LogP contribution < -0.4 is 9.47 Å². The van der Waals surface area contributed by atoms with E-state index < -0.39 is 0 Å². The van der Waals surface area contributed by atoms with Crippen LogP contribution in [-0.4, -0.2) is 33.0 Å². The van der Waals surface area contributed by atoms with Gasteiger partial charge in [0.05, 0.1) is 23.4 Å². The van der Waals surface area contributed by atoms with E-state index in [9.17, 15) is 0 Å². The highest BCUT2D eigenvalue weighted by Gasteiger charge is 2.04. The van der Waals surface area contributed by atoms with E-state index in [2.05, 4.69) is 29.5 Å². The Bertz CT molecular complexity index is 633. The van der Waals surface area contributed by atoms with Crippen LogP contribution in [0, 0.1) is 3.57 Å². The first-order chi connectivity index (χ1) is 13.3. The first kappa shape index (κ1) is 22.0. The van der Waals surface area contributed by atoms with Crippen molar-refractivity contribution in [3.63, 3.8) is 0 Å². The van der Waals surface area contributed by atoms with Gasteiger partial charge in [-0.15, -0.1) is 0 Å². The number of halogens is 1. The normalized spacial score (nSPS) is 10.7. The Balaban J connectivity index is 1.57. The van der Waals surface area contributed by atoms with Gasteiger partial charge < -0.3 is 18.9 Å². The molecule has 0 unspecified atom stereocenters. The predicted molar refractivity (Wildman–Crippen MR) is 117 cm³/mol. The van der Waals surface area contributed by atoms with Crippen molar-refractivity contribution >= 4 is 22.6 Å². The Labute approximate surface area is 176 Å². The zero-order valence-corrected chi connectivity index (χ0v) is 18.2. The molecule has 5 heteroatoms. The molecule has 0 aliphatic heterocycles. The van der Waals surface area contributed by atoms with Crippen molar-refractivity contribution in [1.82, 2.24) is 0 Å². The van der Waals surface area contributed by atoms with Gasteiger partial charge in [-0.05, 0) is 59.3 Å². The van der Waals surface area contributed by atoms with E-state index in [1.165, 1.54) is 19.3 Å². The van der Waals surface area contributed by atoms with Crippen LogP contribution in [0.1, 0.15) is 32.6 Å². The van der Waals surface area contributed by atoms with Crippen LogP contribution in [0.4, 0.5) is 0 Å². The van der Waals surface area contributed by atoms with Crippen molar-refractivity contribution in [2.24, 2.45) is 0 Å². The summed E-state index contributed by atoms with van der Waals surface area (Å²) in [6.45, 7) is 5.37. The topological polar surface area (TPSA) is 36.9 Å². The molecular formula is C22H29IO4. The molecule has 0 aromatic heterocycles. The summed E-state index contributed by atoms with van der Waals surface area (Å²) in [5, 5.41) is 0. The summed E-state index contributed by atoms with van der Waals surface area (Å²) in [6, 6.07) is 15.6. The SMILES string of the molecule is CCCCCCOCCOCCOc1ccc(Oc2ccccc2)cc1I. The molecule has 0 heterocycles. The highest BCUT2D eigenvalue weighted by Crippen LogP contribution is 2.28. The lowest BCUT2D eigenvalue weighted by molar-refractivity contribution is 0.0351. The lowest BCUT2D eigenvalue weighted by atomic mass is 10.2. The molecule has 2 aromatic rings. The van der Waals surface area contributed by atoms with E-state index in [4.69, 9.17) is 18.9 Å². The molecule has 0 bridgehead atoms. The van der Waals surface area contributed by atoms with Gasteiger partial charge in [-0.3, -0.25) is 0 Å². The minimum absolute atomic E-state index is 0.519. The summed E-state index contributed by atoms with van der Waals surface area (Å²) in [5.41, 5.74) is 0. The number of rotatable bonds is 14. The van der Waals surface area contributed by atoms with Gasteiger partial charge in [0, 0.05) is 6.61 Å². The summed E-state index contributed by atoms with van der Waals surface area (Å²) in [4.78, 5) is 0. The van der Waals surface area contributed by atoms with Crippen LogP contribution in [0.3, 0.4) is 0 Å². The quantitative estimate of drug-likeness (QED) is 0.241. The van der Waals surface area contributed by atoms with E-state index in [0.717, 1.165) is 33.8 Å². The Morgan fingerprint density at radius 2 is 1.48 bits per heavy atom. The van der Waals surface area contributed by atoms with Crippen LogP contribution in [0.5, 0.6) is 17.2 Å². The Morgan fingerprint density at radius 1 is 0.741 bits per heavy atom. The molecule has 0 amide bonds. The molecule has 2 rings (SSSR count). The summed E-state index contributed by atoms with van der Waals surface area (Å²) in [6.07, 6.45) is 4.93. The molecule has 148 valence electrons. The molecule has 4 nitrogen and oxygen atoms in total. The van der Waals surface area contributed by atoms with Crippen molar-refractivity contribution < 1.29 is 18.9 Å². The third-order valence-corrected chi connectivity index (χ3v) is 4.72. The maximum atomic E-state index is 5.83. The van der Waals surface area contributed by atoms with Crippen molar-refractivity contribution in [3.8, 4) is 17.2 Å². The van der Waals surface area contributed by atoms with Crippen LogP contribution in [0.25, 0.3) is 0 Å². The number of ether oxygens (including phenoxy) is 4. The van der Waals surface area contributed by atoms with E-state index in [-0.39, 0.29) is 0 Å². The summed E-state index contributed by atoms with van der Waals surface area (Å²) in [7, 11) is 0. The fourth-order valence-corrected chi connectivity index (χ4v) is 3.09. The highest BCUT2D eigenvalue weighted by atomic mass is 127. The van der Waals surface area contributed by atoms with Crippen LogP contribution >= 0.6 is 22.6 Å². The van der Waals surface area contributed by atoms with E-state index >= 15 is 0 Å². The fourth-order valence-electron chi connectivity index (χ4n) is 2.45. The molecular weight excluding hydrogens is 455 g/mol. The highest BCUT2D eigenvalue weighted by molar-refractivity contribution is 14.1. The van der Waals surface area contributed by atoms with Crippen molar-refractivity contribution in [3.05, 3.63) is 52.1 Å². The minimum Gasteiger partial charge on any atom is -0.490 e. The van der Waals surface area contributed by atoms with Crippen molar-refractivity contribution in [1.29, 1.82) is 0 Å². The monoisotopic (exact) mass is 484 g/mol. The molecule has 2 aromatic carbocycles. The summed E-state index contributed by atoms with van der Waals surface area (Å²) < 4.78 is 23.7. The standard InChI is InChI=1S/C22H29IO4/c1-2-3-4-8-13-24-14-15-25-16-17-26-22-12-11-20(18-21(22)23)27-19-9-6-5-7-10-19/h5-7,9-12,18H,2-4,8,13-17H2,1H3. The molecule has 0 saturated heterocycles. The third kappa shape index (κ3) is 9.44. The smallest absolute Gasteiger partial charge is 0.133 e. The molecule has 0 saturated carbocycles. The predicted octanol–water partition coefficient (Wildman–Crippen LogP) is 6.08. The third-order valence-electron chi connectivity index (χ3n) is 3.88. The van der Waals surface area contributed by atoms with Gasteiger partial charge in [0.2, 0.25) is 0 Å². The van der Waals surface area contributed by atoms with E-state index in [1.54, 1.807) is 0 Å². The maximum Gasteiger partial charge on any atom is 0.133 e. The van der Waals surface area contributed by atoms with Gasteiger partial charge in [0.1, 0.15) is 23.9 Å². The van der Waals surface area contributed by atoms with Crippen LogP contribution in [0.2, 0.25) is 0 Å². The lowest BCUT2D eigenvalue weighted by Gasteiger charge is -2.11. The molecule has 0 N–H and O–H groups in total. The summed E-state index contributed by atoms with van der Waals surface area (Å²) in [5.74, 6) is 2.46. The van der Waals surface area contributed by atoms with Crippen molar-refractivity contribution in [2.45, 2.75) is 32.6 Å². The van der Waals surface area contributed by atoms with Gasteiger partial charge in [-0.25, -0.2) is 0 Å². The van der Waals surface area contributed by atoms with Gasteiger partial charge in [-0.1, -0.05) is 44.4 Å². The maximum absolute atomic E-state index is 5.83. The average molecular weight is 484 g/mol. The number of benzene rings is 2. The average Bonchev–Trinajstić information content (AvgIpc) is 2.68. The fraction of sp³-hybridized carbons (Fsp3) is 0.455. The molecule has 0 radical (unpaired) electrons. The molecule has 0 atom stereocenters. The number of unbranched alkanes of at least 4 members (excludes halogenated alkanes) is 3. The Hall–Kier alpha value is -1.31. The second kappa shape index (κ2) is 13.8. The lowest BCUT2D eigenvalue weighted by Crippen LogP contribution is -2.11. The molecule has 0 aliphatic rings. The second-order valence-corrected chi connectivity index (χ2v) is 7.30. The molecule has 27 heavy (non-hydrogen) atoms. The molecule has 0 fully saturated rings. The van der Waals surface area contributed by atoms with Gasteiger partial charge >= 0.3 is 0 Å². The minimum atomic E-state index is 0.519. The Kier molecular flexibility index (Phi) is 11.2. The first-order valence-electron chi connectivity index (χ1n) is 9.60. The van der Waals surface area contributed by atoms with Gasteiger partial charge in [0.15, 0.2) is 0 Å². The summed E-state index contributed by atoms with van der Waals surface area (Å²) >= 11 is 2.26. The van der Waals surface area contributed by atoms with Crippen molar-refractivity contribution in [2.75, 3.05) is 33.0 Å². The number of hydrogen-bond donors (Lipinski definition) is 0. The molecule has 0 spiro atoms. The van der Waals surface area contributed by atoms with Gasteiger partial charge in [-0.2, -0.15) is 0 Å². The molecule has 0 aliphatic carbocycles. The number of hydrogen-bond acceptors (Lipinski definition) is 4. The van der Waals surface area contributed by atoms with E-state index in [0.29, 0.717) is 26.4 Å². The largest absolute Gasteiger partial charge is 0.490 e. The number of para-hydroxylation sites is 1.